The number of rotatable bonds is 5. The molecule has 2 unspecified atom stereocenters. The zero-order chi connectivity index (χ0) is 13.9. The van der Waals surface area contributed by atoms with Crippen molar-refractivity contribution in [2.45, 2.75) is 44.7 Å². The Kier molecular flexibility index (Phi) is 4.81. The van der Waals surface area contributed by atoms with Gasteiger partial charge in [0, 0.05) is 19.2 Å². The predicted molar refractivity (Wildman–Crippen MR) is 74.8 cm³/mol. The number of hydrogen-bond donors (Lipinski definition) is 2. The van der Waals surface area contributed by atoms with Crippen LogP contribution < -0.4 is 11.1 Å². The van der Waals surface area contributed by atoms with Crippen molar-refractivity contribution in [3.8, 4) is 0 Å². The lowest BCUT2D eigenvalue weighted by Gasteiger charge is -2.32. The number of carbonyl (C=O) groups excluding carboxylic acids is 1. The number of likely N-dealkylation sites (tertiary alicyclic amines) is 1. The number of nitrogens with two attached hydrogens (primary N) is 1. The summed E-state index contributed by atoms with van der Waals surface area (Å²) in [6.07, 6.45) is 3.16. The second-order valence-corrected chi connectivity index (χ2v) is 6.22. The van der Waals surface area contributed by atoms with Gasteiger partial charge in [-0.3, -0.25) is 9.69 Å². The minimum Gasteiger partial charge on any atom is -0.379 e. The Morgan fingerprint density at radius 1 is 1.42 bits per heavy atom. The van der Waals surface area contributed by atoms with Gasteiger partial charge in [0.1, 0.15) is 5.54 Å². The van der Waals surface area contributed by atoms with Crippen molar-refractivity contribution >= 4 is 5.91 Å². The van der Waals surface area contributed by atoms with Crippen LogP contribution in [0.2, 0.25) is 0 Å². The van der Waals surface area contributed by atoms with Gasteiger partial charge in [0.15, 0.2) is 0 Å². The van der Waals surface area contributed by atoms with Gasteiger partial charge in [-0.1, -0.05) is 13.8 Å². The molecule has 1 amide bonds. The lowest BCUT2D eigenvalue weighted by Crippen LogP contribution is -2.57. The SMILES string of the molecule is CC(C)C(CNC(=O)C1(N)CCOC1)N1CCCC1. The fourth-order valence-electron chi connectivity index (χ4n) is 2.99. The smallest absolute Gasteiger partial charge is 0.242 e. The average Bonchev–Trinajstić information content (AvgIpc) is 3.01. The molecule has 0 spiro atoms. The van der Waals surface area contributed by atoms with Crippen molar-refractivity contribution in [2.75, 3.05) is 32.8 Å². The fourth-order valence-corrected chi connectivity index (χ4v) is 2.99. The molecule has 5 heteroatoms. The third-order valence-electron chi connectivity index (χ3n) is 4.36. The number of nitrogens with zero attached hydrogens (tertiary/aromatic N) is 1. The molecule has 2 heterocycles. The molecule has 2 rings (SSSR count). The molecule has 110 valence electrons. The molecule has 2 fully saturated rings. The van der Waals surface area contributed by atoms with E-state index in [1.54, 1.807) is 0 Å². The Balaban J connectivity index is 1.86. The minimum absolute atomic E-state index is 0.0603. The number of hydrogen-bond acceptors (Lipinski definition) is 4. The number of ether oxygens (including phenoxy) is 1. The molecule has 3 N–H and O–H groups in total. The third kappa shape index (κ3) is 3.46. The summed E-state index contributed by atoms with van der Waals surface area (Å²) in [5.41, 5.74) is 5.25. The van der Waals surface area contributed by atoms with E-state index in [4.69, 9.17) is 10.5 Å². The highest BCUT2D eigenvalue weighted by atomic mass is 16.5. The molecule has 2 atom stereocenters. The van der Waals surface area contributed by atoms with Crippen molar-refractivity contribution < 1.29 is 9.53 Å². The van der Waals surface area contributed by atoms with E-state index in [1.165, 1.54) is 12.8 Å². The van der Waals surface area contributed by atoms with E-state index in [-0.39, 0.29) is 5.91 Å². The summed E-state index contributed by atoms with van der Waals surface area (Å²) < 4.78 is 5.24. The normalized spacial score (nSPS) is 29.9. The van der Waals surface area contributed by atoms with Gasteiger partial charge in [-0.15, -0.1) is 0 Å². The monoisotopic (exact) mass is 269 g/mol. The van der Waals surface area contributed by atoms with Crippen LogP contribution in [0.4, 0.5) is 0 Å². The molecule has 0 aromatic carbocycles. The van der Waals surface area contributed by atoms with E-state index in [9.17, 15) is 4.79 Å². The lowest BCUT2D eigenvalue weighted by atomic mass is 9.98. The van der Waals surface area contributed by atoms with E-state index in [0.717, 1.165) is 13.1 Å². The Labute approximate surface area is 115 Å². The van der Waals surface area contributed by atoms with Gasteiger partial charge < -0.3 is 15.8 Å². The van der Waals surface area contributed by atoms with Crippen molar-refractivity contribution in [1.82, 2.24) is 10.2 Å². The first kappa shape index (κ1) is 14.8. The first-order valence-electron chi connectivity index (χ1n) is 7.42. The minimum atomic E-state index is -0.813. The quantitative estimate of drug-likeness (QED) is 0.755. The zero-order valence-electron chi connectivity index (χ0n) is 12.2. The van der Waals surface area contributed by atoms with Crippen molar-refractivity contribution in [3.05, 3.63) is 0 Å². The summed E-state index contributed by atoms with van der Waals surface area (Å²) in [6, 6.07) is 0.414. The second-order valence-electron chi connectivity index (χ2n) is 6.22. The molecule has 5 nitrogen and oxygen atoms in total. The second kappa shape index (κ2) is 6.20. The Morgan fingerprint density at radius 3 is 2.63 bits per heavy atom. The van der Waals surface area contributed by atoms with E-state index in [1.807, 2.05) is 0 Å². The highest BCUT2D eigenvalue weighted by Crippen LogP contribution is 2.18. The predicted octanol–water partition coefficient (Wildman–Crippen LogP) is 0.341. The zero-order valence-corrected chi connectivity index (χ0v) is 12.2. The van der Waals surface area contributed by atoms with Crippen LogP contribution >= 0.6 is 0 Å². The van der Waals surface area contributed by atoms with Crippen LogP contribution in [0.3, 0.4) is 0 Å². The molecule has 2 aliphatic heterocycles. The molecule has 0 aromatic heterocycles. The van der Waals surface area contributed by atoms with E-state index < -0.39 is 5.54 Å². The van der Waals surface area contributed by atoms with Crippen molar-refractivity contribution in [2.24, 2.45) is 11.7 Å². The van der Waals surface area contributed by atoms with E-state index in [2.05, 4.69) is 24.1 Å². The maximum atomic E-state index is 12.2. The van der Waals surface area contributed by atoms with Gasteiger partial charge in [0.25, 0.3) is 0 Å². The third-order valence-corrected chi connectivity index (χ3v) is 4.36. The average molecular weight is 269 g/mol. The molecule has 2 aliphatic rings. The summed E-state index contributed by atoms with van der Waals surface area (Å²) in [7, 11) is 0. The lowest BCUT2D eigenvalue weighted by molar-refractivity contribution is -0.126. The summed E-state index contributed by atoms with van der Waals surface area (Å²) in [6.45, 7) is 8.34. The van der Waals surface area contributed by atoms with Gasteiger partial charge in [0.2, 0.25) is 5.91 Å². The maximum Gasteiger partial charge on any atom is 0.242 e. The highest BCUT2D eigenvalue weighted by Gasteiger charge is 2.38. The maximum absolute atomic E-state index is 12.2. The highest BCUT2D eigenvalue weighted by molar-refractivity contribution is 5.86. The van der Waals surface area contributed by atoms with Crippen LogP contribution in [-0.2, 0) is 9.53 Å². The van der Waals surface area contributed by atoms with Crippen molar-refractivity contribution in [3.63, 3.8) is 0 Å². The molecule has 0 aromatic rings. The van der Waals surface area contributed by atoms with Crippen LogP contribution in [0, 0.1) is 5.92 Å². The molecule has 0 bridgehead atoms. The fraction of sp³-hybridized carbons (Fsp3) is 0.929. The molecular weight excluding hydrogens is 242 g/mol. The number of amides is 1. The largest absolute Gasteiger partial charge is 0.379 e. The van der Waals surface area contributed by atoms with Crippen molar-refractivity contribution in [1.29, 1.82) is 0 Å². The van der Waals surface area contributed by atoms with Gasteiger partial charge in [-0.05, 0) is 38.3 Å². The number of nitrogens with one attached hydrogen (secondary N) is 1. The standard InChI is InChI=1S/C14H27N3O2/c1-11(2)12(17-6-3-4-7-17)9-16-13(18)14(15)5-8-19-10-14/h11-12H,3-10,15H2,1-2H3,(H,16,18). The van der Waals surface area contributed by atoms with Gasteiger partial charge >= 0.3 is 0 Å². The van der Waals surface area contributed by atoms with Gasteiger partial charge in [0.05, 0.1) is 6.61 Å². The first-order valence-corrected chi connectivity index (χ1v) is 7.42. The molecule has 2 saturated heterocycles. The number of carbonyl (C=O) groups is 1. The van der Waals surface area contributed by atoms with E-state index >= 15 is 0 Å². The Morgan fingerprint density at radius 2 is 2.11 bits per heavy atom. The summed E-state index contributed by atoms with van der Waals surface area (Å²) in [5, 5.41) is 3.04. The van der Waals surface area contributed by atoms with Gasteiger partial charge in [-0.2, -0.15) is 0 Å². The van der Waals surface area contributed by atoms with Gasteiger partial charge in [-0.25, -0.2) is 0 Å². The molecular formula is C14H27N3O2. The van der Waals surface area contributed by atoms with Crippen LogP contribution in [0.1, 0.15) is 33.1 Å². The van der Waals surface area contributed by atoms with Crippen LogP contribution in [-0.4, -0.2) is 55.2 Å². The summed E-state index contributed by atoms with van der Waals surface area (Å²) in [4.78, 5) is 14.7. The summed E-state index contributed by atoms with van der Waals surface area (Å²) in [5.74, 6) is 0.474. The Bertz CT molecular complexity index is 308. The van der Waals surface area contributed by atoms with Crippen LogP contribution in [0.15, 0.2) is 0 Å². The Hall–Kier alpha value is -0.650. The first-order chi connectivity index (χ1) is 9.03. The van der Waals surface area contributed by atoms with Crippen LogP contribution in [0.25, 0.3) is 0 Å². The topological polar surface area (TPSA) is 67.6 Å². The summed E-state index contributed by atoms with van der Waals surface area (Å²) >= 11 is 0. The molecule has 19 heavy (non-hydrogen) atoms. The molecule has 0 aliphatic carbocycles. The van der Waals surface area contributed by atoms with E-state index in [0.29, 0.717) is 38.1 Å². The molecule has 0 saturated carbocycles. The van der Waals surface area contributed by atoms with Crippen LogP contribution in [0.5, 0.6) is 0 Å². The molecule has 0 radical (unpaired) electrons.